The van der Waals surface area contributed by atoms with Crippen LogP contribution < -0.4 is 5.73 Å². The Bertz CT molecular complexity index is 45.6. The van der Waals surface area contributed by atoms with Crippen molar-refractivity contribution in [3.05, 3.63) is 10.7 Å². The quantitative estimate of drug-likeness (QED) is 0.500. The van der Waals surface area contributed by atoms with Crippen molar-refractivity contribution in [3.63, 3.8) is 0 Å². The van der Waals surface area contributed by atoms with Crippen LogP contribution in [0.25, 0.3) is 0 Å². The van der Waals surface area contributed by atoms with Crippen molar-refractivity contribution >= 4 is 23.2 Å². The average molecular weight is 112 g/mol. The SMILES string of the molecule is NC=C(Cl)Cl. The lowest BCUT2D eigenvalue weighted by molar-refractivity contribution is 1.62. The zero-order chi connectivity index (χ0) is 4.28. The van der Waals surface area contributed by atoms with Crippen LogP contribution in [0.3, 0.4) is 0 Å². The topological polar surface area (TPSA) is 26.0 Å². The number of halogens is 2. The third-order valence-electron chi connectivity index (χ3n) is 0.126. The van der Waals surface area contributed by atoms with Crippen LogP contribution in [0.15, 0.2) is 10.7 Å². The Labute approximate surface area is 40.4 Å². The van der Waals surface area contributed by atoms with Gasteiger partial charge in [-0.2, -0.15) is 0 Å². The summed E-state index contributed by atoms with van der Waals surface area (Å²) < 4.78 is 0.102. The lowest BCUT2D eigenvalue weighted by Gasteiger charge is -1.67. The van der Waals surface area contributed by atoms with Crippen molar-refractivity contribution in [2.75, 3.05) is 0 Å². The summed E-state index contributed by atoms with van der Waals surface area (Å²) in [5.41, 5.74) is 4.75. The molecule has 0 aromatic heterocycles. The zero-order valence-electron chi connectivity index (χ0n) is 2.41. The molecule has 0 heterocycles. The fraction of sp³-hybridized carbons (Fsp3) is 0. The molecule has 0 aromatic rings. The first-order valence-corrected chi connectivity index (χ1v) is 1.76. The summed E-state index contributed by atoms with van der Waals surface area (Å²) in [6, 6.07) is 0. The molecule has 30 valence electrons. The molecule has 0 aromatic carbocycles. The fourth-order valence-corrected chi connectivity index (χ4v) is 0. The van der Waals surface area contributed by atoms with Crippen molar-refractivity contribution in [2.45, 2.75) is 0 Å². The van der Waals surface area contributed by atoms with Gasteiger partial charge in [0.1, 0.15) is 4.49 Å². The average Bonchev–Trinajstić information content (AvgIpc) is 1.38. The highest BCUT2D eigenvalue weighted by Gasteiger charge is 1.69. The molecule has 0 aliphatic rings. The second kappa shape index (κ2) is 2.36. The maximum absolute atomic E-state index is 4.96. The van der Waals surface area contributed by atoms with Crippen molar-refractivity contribution < 1.29 is 0 Å². The van der Waals surface area contributed by atoms with Crippen molar-refractivity contribution in [2.24, 2.45) is 5.73 Å². The summed E-state index contributed by atoms with van der Waals surface area (Å²) in [4.78, 5) is 0. The normalized spacial score (nSPS) is 6.80. The van der Waals surface area contributed by atoms with Gasteiger partial charge in [-0.25, -0.2) is 0 Å². The van der Waals surface area contributed by atoms with Gasteiger partial charge in [-0.1, -0.05) is 23.2 Å². The van der Waals surface area contributed by atoms with E-state index in [2.05, 4.69) is 0 Å². The van der Waals surface area contributed by atoms with Crippen LogP contribution >= 0.6 is 23.2 Å². The molecule has 0 aliphatic heterocycles. The Hall–Kier alpha value is 0.120. The molecule has 3 heteroatoms. The van der Waals surface area contributed by atoms with E-state index >= 15 is 0 Å². The summed E-state index contributed by atoms with van der Waals surface area (Å²) in [6.45, 7) is 0. The van der Waals surface area contributed by atoms with Gasteiger partial charge < -0.3 is 5.73 Å². The summed E-state index contributed by atoms with van der Waals surface area (Å²) in [5.74, 6) is 0. The Morgan fingerprint density at radius 2 is 1.80 bits per heavy atom. The largest absolute Gasteiger partial charge is 0.403 e. The van der Waals surface area contributed by atoms with Crippen LogP contribution in [0.4, 0.5) is 0 Å². The Kier molecular flexibility index (Phi) is 2.42. The fourth-order valence-electron chi connectivity index (χ4n) is 0. The predicted octanol–water partition coefficient (Wildman–Crippen LogP) is 1.22. The molecule has 0 unspecified atom stereocenters. The lowest BCUT2D eigenvalue weighted by Crippen LogP contribution is -1.73. The van der Waals surface area contributed by atoms with Gasteiger partial charge in [0.2, 0.25) is 0 Å². The highest BCUT2D eigenvalue weighted by atomic mass is 35.5. The van der Waals surface area contributed by atoms with Crippen LogP contribution in [-0.2, 0) is 0 Å². The van der Waals surface area contributed by atoms with Crippen LogP contribution in [-0.4, -0.2) is 0 Å². The van der Waals surface area contributed by atoms with Crippen LogP contribution in [0.5, 0.6) is 0 Å². The molecule has 0 rings (SSSR count). The predicted molar refractivity (Wildman–Crippen MR) is 24.0 cm³/mol. The molecule has 0 spiro atoms. The molecule has 5 heavy (non-hydrogen) atoms. The molecule has 0 bridgehead atoms. The second-order valence-corrected chi connectivity index (χ2v) is 1.46. The van der Waals surface area contributed by atoms with E-state index in [4.69, 9.17) is 28.9 Å². The third kappa shape index (κ3) is 4.12. The van der Waals surface area contributed by atoms with Crippen LogP contribution in [0.2, 0.25) is 0 Å². The van der Waals surface area contributed by atoms with Gasteiger partial charge in [-0.15, -0.1) is 0 Å². The van der Waals surface area contributed by atoms with E-state index in [9.17, 15) is 0 Å². The summed E-state index contributed by atoms with van der Waals surface area (Å²) in [5, 5.41) is 0. The highest BCUT2D eigenvalue weighted by Crippen LogP contribution is 2.01. The molecule has 0 atom stereocenters. The Morgan fingerprint density at radius 3 is 1.80 bits per heavy atom. The summed E-state index contributed by atoms with van der Waals surface area (Å²) in [6.07, 6.45) is 1.11. The molecular weight excluding hydrogens is 109 g/mol. The van der Waals surface area contributed by atoms with Gasteiger partial charge in [0.25, 0.3) is 0 Å². The van der Waals surface area contributed by atoms with Crippen molar-refractivity contribution in [1.82, 2.24) is 0 Å². The minimum Gasteiger partial charge on any atom is -0.403 e. The van der Waals surface area contributed by atoms with E-state index in [0.717, 1.165) is 6.20 Å². The Balaban J connectivity index is 3.14. The van der Waals surface area contributed by atoms with E-state index in [1.54, 1.807) is 0 Å². The smallest absolute Gasteiger partial charge is 0.122 e. The van der Waals surface area contributed by atoms with Gasteiger partial charge in [0.15, 0.2) is 0 Å². The number of hydrogen-bond acceptors (Lipinski definition) is 1. The summed E-state index contributed by atoms with van der Waals surface area (Å²) in [7, 11) is 0. The standard InChI is InChI=1S/C2H3Cl2N/c3-2(4)1-5/h1H,5H2. The first-order valence-electron chi connectivity index (χ1n) is 1.000. The minimum atomic E-state index is 0.102. The van der Waals surface area contributed by atoms with Crippen LogP contribution in [0, 0.1) is 0 Å². The van der Waals surface area contributed by atoms with Crippen molar-refractivity contribution in [3.8, 4) is 0 Å². The van der Waals surface area contributed by atoms with E-state index in [-0.39, 0.29) is 4.49 Å². The Morgan fingerprint density at radius 1 is 1.60 bits per heavy atom. The summed E-state index contributed by atoms with van der Waals surface area (Å²) >= 11 is 9.93. The maximum atomic E-state index is 4.96. The van der Waals surface area contributed by atoms with Crippen molar-refractivity contribution in [1.29, 1.82) is 0 Å². The van der Waals surface area contributed by atoms with Crippen LogP contribution in [0.1, 0.15) is 0 Å². The molecule has 0 amide bonds. The molecule has 0 saturated carbocycles. The molecule has 2 N–H and O–H groups in total. The monoisotopic (exact) mass is 111 g/mol. The molecule has 0 fully saturated rings. The number of hydrogen-bond donors (Lipinski definition) is 1. The van der Waals surface area contributed by atoms with Gasteiger partial charge in [-0.3, -0.25) is 0 Å². The minimum absolute atomic E-state index is 0.102. The number of rotatable bonds is 0. The lowest BCUT2D eigenvalue weighted by atomic mass is 11.1. The number of nitrogens with two attached hydrogens (primary N) is 1. The first kappa shape index (κ1) is 5.12. The molecule has 0 saturated heterocycles. The van der Waals surface area contributed by atoms with E-state index in [0.29, 0.717) is 0 Å². The van der Waals surface area contributed by atoms with Gasteiger partial charge in [0.05, 0.1) is 0 Å². The van der Waals surface area contributed by atoms with E-state index < -0.39 is 0 Å². The molecular formula is C2H3Cl2N. The zero-order valence-corrected chi connectivity index (χ0v) is 3.92. The van der Waals surface area contributed by atoms with E-state index in [1.165, 1.54) is 0 Å². The second-order valence-electron chi connectivity index (χ2n) is 0.456. The van der Waals surface area contributed by atoms with Gasteiger partial charge >= 0.3 is 0 Å². The molecule has 0 radical (unpaired) electrons. The molecule has 1 nitrogen and oxygen atoms in total. The first-order chi connectivity index (χ1) is 2.27. The molecule has 0 aliphatic carbocycles. The van der Waals surface area contributed by atoms with Gasteiger partial charge in [0, 0.05) is 6.20 Å². The third-order valence-corrected chi connectivity index (χ3v) is 0.378. The van der Waals surface area contributed by atoms with Gasteiger partial charge in [-0.05, 0) is 0 Å². The maximum Gasteiger partial charge on any atom is 0.122 e. The van der Waals surface area contributed by atoms with E-state index in [1.807, 2.05) is 0 Å². The highest BCUT2D eigenvalue weighted by molar-refractivity contribution is 6.55.